The maximum Gasteiger partial charge on any atom is 0.224 e. The number of hydrogen-bond acceptors (Lipinski definition) is 3. The Balaban J connectivity index is 2.04. The first-order chi connectivity index (χ1) is 7.34. The van der Waals surface area contributed by atoms with E-state index in [-0.39, 0.29) is 11.8 Å². The molecular formula is C11H20N2OS. The van der Waals surface area contributed by atoms with E-state index in [2.05, 4.69) is 17.2 Å². The minimum atomic E-state index is 0.183. The lowest BCUT2D eigenvalue weighted by Crippen LogP contribution is -2.41. The van der Waals surface area contributed by atoms with Crippen LogP contribution in [0.5, 0.6) is 0 Å². The highest BCUT2D eigenvalue weighted by molar-refractivity contribution is 7.99. The predicted molar refractivity (Wildman–Crippen MR) is 66.1 cm³/mol. The molecule has 0 radical (unpaired) electrons. The Bertz CT molecular complexity index is 203. The molecule has 1 fully saturated rings. The molecule has 0 saturated carbocycles. The van der Waals surface area contributed by atoms with Gasteiger partial charge in [0.15, 0.2) is 0 Å². The molecule has 0 aliphatic carbocycles. The molecule has 4 heteroatoms. The summed E-state index contributed by atoms with van der Waals surface area (Å²) in [7, 11) is 0. The largest absolute Gasteiger partial charge is 0.355 e. The molecule has 1 heterocycles. The molecule has 1 saturated heterocycles. The van der Waals surface area contributed by atoms with Gasteiger partial charge >= 0.3 is 0 Å². The quantitative estimate of drug-likeness (QED) is 0.527. The van der Waals surface area contributed by atoms with Gasteiger partial charge in [-0.2, -0.15) is 11.8 Å². The standard InChI is InChI=1S/C11H20N2OS/c1-2-7-15-8-6-13-11(14)10-4-3-5-12-9-10/h2,10,12H,1,3-9H2,(H,13,14)/t10-/m0/s1. The summed E-state index contributed by atoms with van der Waals surface area (Å²) >= 11 is 1.79. The summed E-state index contributed by atoms with van der Waals surface area (Å²) in [5.74, 6) is 2.32. The van der Waals surface area contributed by atoms with Gasteiger partial charge in [-0.05, 0) is 19.4 Å². The van der Waals surface area contributed by atoms with Crippen LogP contribution in [0.15, 0.2) is 12.7 Å². The summed E-state index contributed by atoms with van der Waals surface area (Å²) < 4.78 is 0. The van der Waals surface area contributed by atoms with Crippen LogP contribution in [-0.2, 0) is 4.79 Å². The Morgan fingerprint density at radius 2 is 2.53 bits per heavy atom. The van der Waals surface area contributed by atoms with Crippen LogP contribution >= 0.6 is 11.8 Å². The van der Waals surface area contributed by atoms with Crippen LogP contribution in [0.4, 0.5) is 0 Å². The summed E-state index contributed by atoms with van der Waals surface area (Å²) in [6.45, 7) is 6.32. The van der Waals surface area contributed by atoms with E-state index in [9.17, 15) is 4.79 Å². The molecule has 2 N–H and O–H groups in total. The minimum absolute atomic E-state index is 0.183. The van der Waals surface area contributed by atoms with Gasteiger partial charge in [-0.25, -0.2) is 0 Å². The molecule has 0 bridgehead atoms. The van der Waals surface area contributed by atoms with Gasteiger partial charge in [0.25, 0.3) is 0 Å². The van der Waals surface area contributed by atoms with E-state index in [1.165, 1.54) is 0 Å². The Morgan fingerprint density at radius 1 is 1.67 bits per heavy atom. The second kappa shape index (κ2) is 7.77. The van der Waals surface area contributed by atoms with Gasteiger partial charge in [-0.1, -0.05) is 6.08 Å². The number of carbonyl (C=O) groups excluding carboxylic acids is 1. The maximum atomic E-state index is 11.7. The normalized spacial score (nSPS) is 20.9. The predicted octanol–water partition coefficient (Wildman–Crippen LogP) is 1.02. The zero-order chi connectivity index (χ0) is 10.9. The first kappa shape index (κ1) is 12.6. The molecule has 1 atom stereocenters. The molecule has 1 aliphatic rings. The van der Waals surface area contributed by atoms with Crippen molar-refractivity contribution in [3.8, 4) is 0 Å². The van der Waals surface area contributed by atoms with E-state index in [4.69, 9.17) is 0 Å². The van der Waals surface area contributed by atoms with E-state index in [1.807, 2.05) is 6.08 Å². The van der Waals surface area contributed by atoms with Crippen molar-refractivity contribution in [1.29, 1.82) is 0 Å². The minimum Gasteiger partial charge on any atom is -0.355 e. The van der Waals surface area contributed by atoms with Crippen molar-refractivity contribution in [3.05, 3.63) is 12.7 Å². The van der Waals surface area contributed by atoms with Crippen molar-refractivity contribution in [2.75, 3.05) is 31.1 Å². The van der Waals surface area contributed by atoms with Crippen molar-refractivity contribution in [2.45, 2.75) is 12.8 Å². The number of rotatable bonds is 6. The molecule has 86 valence electrons. The fourth-order valence-corrected chi connectivity index (χ4v) is 2.21. The van der Waals surface area contributed by atoms with Gasteiger partial charge < -0.3 is 10.6 Å². The zero-order valence-electron chi connectivity index (χ0n) is 9.13. The number of amides is 1. The third-order valence-corrected chi connectivity index (χ3v) is 3.41. The van der Waals surface area contributed by atoms with Crippen LogP contribution < -0.4 is 10.6 Å². The number of hydrogen-bond donors (Lipinski definition) is 2. The third kappa shape index (κ3) is 5.23. The second-order valence-corrected chi connectivity index (χ2v) is 4.85. The summed E-state index contributed by atoms with van der Waals surface area (Å²) in [6, 6.07) is 0. The van der Waals surface area contributed by atoms with E-state index in [0.29, 0.717) is 0 Å². The van der Waals surface area contributed by atoms with E-state index in [0.717, 1.165) is 44.0 Å². The molecule has 0 aromatic rings. The highest BCUT2D eigenvalue weighted by atomic mass is 32.2. The average Bonchev–Trinajstić information content (AvgIpc) is 2.30. The van der Waals surface area contributed by atoms with Gasteiger partial charge in [-0.3, -0.25) is 4.79 Å². The van der Waals surface area contributed by atoms with E-state index >= 15 is 0 Å². The highest BCUT2D eigenvalue weighted by Crippen LogP contribution is 2.09. The Hall–Kier alpha value is -0.480. The third-order valence-electron chi connectivity index (χ3n) is 2.45. The monoisotopic (exact) mass is 228 g/mol. The van der Waals surface area contributed by atoms with Crippen LogP contribution in [0.3, 0.4) is 0 Å². The van der Waals surface area contributed by atoms with Gasteiger partial charge in [-0.15, -0.1) is 6.58 Å². The highest BCUT2D eigenvalue weighted by Gasteiger charge is 2.19. The molecule has 0 unspecified atom stereocenters. The number of piperidine rings is 1. The van der Waals surface area contributed by atoms with Crippen LogP contribution in [0.1, 0.15) is 12.8 Å². The smallest absolute Gasteiger partial charge is 0.224 e. The number of nitrogens with one attached hydrogen (secondary N) is 2. The summed E-state index contributed by atoms with van der Waals surface area (Å²) in [6.07, 6.45) is 4.03. The first-order valence-electron chi connectivity index (χ1n) is 5.51. The molecule has 3 nitrogen and oxygen atoms in total. The molecule has 0 aromatic carbocycles. The van der Waals surface area contributed by atoms with Gasteiger partial charge in [0.05, 0.1) is 5.92 Å². The van der Waals surface area contributed by atoms with E-state index in [1.54, 1.807) is 11.8 Å². The summed E-state index contributed by atoms with van der Waals surface area (Å²) in [4.78, 5) is 11.7. The number of thioether (sulfide) groups is 1. The van der Waals surface area contributed by atoms with Gasteiger partial charge in [0.1, 0.15) is 0 Å². The Labute approximate surface area is 96.1 Å². The SMILES string of the molecule is C=CCSCCNC(=O)[C@H]1CCCNC1. The Kier molecular flexibility index (Phi) is 6.52. The van der Waals surface area contributed by atoms with Crippen molar-refractivity contribution < 1.29 is 4.79 Å². The molecule has 0 spiro atoms. The molecule has 1 rings (SSSR count). The van der Waals surface area contributed by atoms with Gasteiger partial charge in [0.2, 0.25) is 5.91 Å². The van der Waals surface area contributed by atoms with Crippen molar-refractivity contribution in [2.24, 2.45) is 5.92 Å². The first-order valence-corrected chi connectivity index (χ1v) is 6.67. The van der Waals surface area contributed by atoms with Crippen molar-refractivity contribution >= 4 is 17.7 Å². The average molecular weight is 228 g/mol. The zero-order valence-corrected chi connectivity index (χ0v) is 9.94. The van der Waals surface area contributed by atoms with E-state index < -0.39 is 0 Å². The molecular weight excluding hydrogens is 208 g/mol. The van der Waals surface area contributed by atoms with Gasteiger partial charge in [0, 0.05) is 24.6 Å². The van der Waals surface area contributed by atoms with Crippen LogP contribution in [0.25, 0.3) is 0 Å². The van der Waals surface area contributed by atoms with Crippen molar-refractivity contribution in [3.63, 3.8) is 0 Å². The van der Waals surface area contributed by atoms with Crippen LogP contribution in [0, 0.1) is 5.92 Å². The molecule has 15 heavy (non-hydrogen) atoms. The molecule has 1 aliphatic heterocycles. The lowest BCUT2D eigenvalue weighted by molar-refractivity contribution is -0.125. The number of carbonyl (C=O) groups is 1. The topological polar surface area (TPSA) is 41.1 Å². The molecule has 0 aromatic heterocycles. The maximum absolute atomic E-state index is 11.7. The van der Waals surface area contributed by atoms with Crippen LogP contribution in [-0.4, -0.2) is 37.0 Å². The second-order valence-electron chi connectivity index (χ2n) is 3.70. The lowest BCUT2D eigenvalue weighted by Gasteiger charge is -2.21. The van der Waals surface area contributed by atoms with Crippen LogP contribution in [0.2, 0.25) is 0 Å². The molecule has 1 amide bonds. The van der Waals surface area contributed by atoms with Crippen molar-refractivity contribution in [1.82, 2.24) is 10.6 Å². The fourth-order valence-electron chi connectivity index (χ4n) is 1.63. The summed E-state index contributed by atoms with van der Waals surface area (Å²) in [5, 5.41) is 6.22. The summed E-state index contributed by atoms with van der Waals surface area (Å²) in [5.41, 5.74) is 0. The fraction of sp³-hybridized carbons (Fsp3) is 0.727. The Morgan fingerprint density at radius 3 is 3.20 bits per heavy atom. The lowest BCUT2D eigenvalue weighted by atomic mass is 9.99.